The zero-order valence-corrected chi connectivity index (χ0v) is 11.5. The molecule has 1 N–H and O–H groups in total. The van der Waals surface area contributed by atoms with Gasteiger partial charge in [-0.25, -0.2) is 0 Å². The van der Waals surface area contributed by atoms with Gasteiger partial charge in [-0.15, -0.1) is 0 Å². The van der Waals surface area contributed by atoms with E-state index in [4.69, 9.17) is 9.84 Å². The third-order valence-corrected chi connectivity index (χ3v) is 3.49. The molecule has 0 aromatic heterocycles. The Labute approximate surface area is 118 Å². The Morgan fingerprint density at radius 3 is 2.70 bits per heavy atom. The smallest absolute Gasteiger partial charge is 0.308 e. The van der Waals surface area contributed by atoms with Crippen molar-refractivity contribution in [2.24, 2.45) is 5.92 Å². The van der Waals surface area contributed by atoms with Crippen molar-refractivity contribution in [3.05, 3.63) is 30.3 Å². The predicted octanol–water partition coefficient (Wildman–Crippen LogP) is 1.78. The van der Waals surface area contributed by atoms with Crippen LogP contribution in [0, 0.1) is 5.92 Å². The maximum atomic E-state index is 12.3. The number of carboxylic acid groups (broad SMARTS) is 1. The van der Waals surface area contributed by atoms with Crippen LogP contribution >= 0.6 is 0 Å². The minimum atomic E-state index is -0.834. The maximum Gasteiger partial charge on any atom is 0.308 e. The highest BCUT2D eigenvalue weighted by Gasteiger charge is 2.30. The Hall–Kier alpha value is -2.04. The van der Waals surface area contributed by atoms with Gasteiger partial charge in [0.05, 0.1) is 5.92 Å². The minimum Gasteiger partial charge on any atom is -0.481 e. The van der Waals surface area contributed by atoms with E-state index in [0.29, 0.717) is 18.7 Å². The molecule has 1 amide bonds. The second-order valence-corrected chi connectivity index (χ2v) is 5.03. The van der Waals surface area contributed by atoms with Crippen LogP contribution in [-0.4, -0.2) is 41.1 Å². The van der Waals surface area contributed by atoms with Crippen molar-refractivity contribution in [1.82, 2.24) is 4.90 Å². The van der Waals surface area contributed by atoms with Crippen LogP contribution in [0.2, 0.25) is 0 Å². The van der Waals surface area contributed by atoms with Crippen molar-refractivity contribution in [1.29, 1.82) is 0 Å². The number of piperidine rings is 1. The molecule has 5 heteroatoms. The van der Waals surface area contributed by atoms with E-state index < -0.39 is 18.0 Å². The van der Waals surface area contributed by atoms with Gasteiger partial charge in [0.1, 0.15) is 5.75 Å². The highest BCUT2D eigenvalue weighted by Crippen LogP contribution is 2.19. The number of para-hydroxylation sites is 1. The lowest BCUT2D eigenvalue weighted by molar-refractivity contribution is -0.147. The summed E-state index contributed by atoms with van der Waals surface area (Å²) in [6.07, 6.45) is 0.748. The SMILES string of the molecule is CC(Oc1ccccc1)C(=O)N1CCCC(C(=O)O)C1. The molecule has 0 spiro atoms. The summed E-state index contributed by atoms with van der Waals surface area (Å²) in [6.45, 7) is 2.57. The van der Waals surface area contributed by atoms with Crippen molar-refractivity contribution in [2.45, 2.75) is 25.9 Å². The normalized spacial score (nSPS) is 20.2. The molecule has 20 heavy (non-hydrogen) atoms. The molecule has 1 aliphatic heterocycles. The van der Waals surface area contributed by atoms with E-state index in [1.165, 1.54) is 0 Å². The van der Waals surface area contributed by atoms with E-state index in [1.54, 1.807) is 24.0 Å². The average molecular weight is 277 g/mol. The molecule has 2 unspecified atom stereocenters. The molecular weight excluding hydrogens is 258 g/mol. The molecule has 1 fully saturated rings. The molecule has 1 aromatic rings. The number of carbonyl (C=O) groups is 2. The first-order chi connectivity index (χ1) is 9.58. The van der Waals surface area contributed by atoms with Crippen LogP contribution < -0.4 is 4.74 Å². The van der Waals surface area contributed by atoms with Crippen LogP contribution in [0.4, 0.5) is 0 Å². The number of rotatable bonds is 4. The van der Waals surface area contributed by atoms with Gasteiger partial charge in [0.25, 0.3) is 5.91 Å². The molecule has 1 aliphatic rings. The summed E-state index contributed by atoms with van der Waals surface area (Å²) in [5.41, 5.74) is 0. The van der Waals surface area contributed by atoms with Crippen LogP contribution in [0.25, 0.3) is 0 Å². The van der Waals surface area contributed by atoms with Gasteiger partial charge in [-0.05, 0) is 31.9 Å². The van der Waals surface area contributed by atoms with Gasteiger partial charge in [-0.1, -0.05) is 18.2 Å². The Morgan fingerprint density at radius 1 is 1.35 bits per heavy atom. The van der Waals surface area contributed by atoms with Gasteiger partial charge < -0.3 is 14.7 Å². The number of hydrogen-bond acceptors (Lipinski definition) is 3. The number of carboxylic acids is 1. The summed E-state index contributed by atoms with van der Waals surface area (Å²) >= 11 is 0. The third-order valence-electron chi connectivity index (χ3n) is 3.49. The summed E-state index contributed by atoms with van der Waals surface area (Å²) < 4.78 is 5.59. The fourth-order valence-corrected chi connectivity index (χ4v) is 2.39. The lowest BCUT2D eigenvalue weighted by Gasteiger charge is -2.32. The van der Waals surface area contributed by atoms with Crippen molar-refractivity contribution in [3.63, 3.8) is 0 Å². The number of amides is 1. The quantitative estimate of drug-likeness (QED) is 0.911. The zero-order chi connectivity index (χ0) is 14.5. The molecule has 0 bridgehead atoms. The summed E-state index contributed by atoms with van der Waals surface area (Å²) in [5.74, 6) is -0.810. The minimum absolute atomic E-state index is 0.153. The van der Waals surface area contributed by atoms with Crippen LogP contribution in [0.1, 0.15) is 19.8 Å². The highest BCUT2D eigenvalue weighted by molar-refractivity contribution is 5.82. The van der Waals surface area contributed by atoms with Crippen molar-refractivity contribution in [3.8, 4) is 5.75 Å². The lowest BCUT2D eigenvalue weighted by atomic mass is 9.98. The lowest BCUT2D eigenvalue weighted by Crippen LogP contribution is -2.47. The van der Waals surface area contributed by atoms with Gasteiger partial charge in [0, 0.05) is 13.1 Å². The van der Waals surface area contributed by atoms with Crippen LogP contribution in [-0.2, 0) is 9.59 Å². The molecule has 108 valence electrons. The Bertz CT molecular complexity index is 474. The van der Waals surface area contributed by atoms with E-state index in [1.807, 2.05) is 18.2 Å². The molecule has 1 aromatic carbocycles. The van der Waals surface area contributed by atoms with Gasteiger partial charge in [0.15, 0.2) is 6.10 Å². The molecule has 0 aliphatic carbocycles. The predicted molar refractivity (Wildman–Crippen MR) is 73.5 cm³/mol. The number of likely N-dealkylation sites (tertiary alicyclic amines) is 1. The van der Waals surface area contributed by atoms with Gasteiger partial charge >= 0.3 is 5.97 Å². The molecule has 0 radical (unpaired) electrons. The zero-order valence-electron chi connectivity index (χ0n) is 11.5. The van der Waals surface area contributed by atoms with Crippen LogP contribution in [0.15, 0.2) is 30.3 Å². The third kappa shape index (κ3) is 3.50. The monoisotopic (exact) mass is 277 g/mol. The van der Waals surface area contributed by atoms with Crippen LogP contribution in [0.5, 0.6) is 5.75 Å². The fraction of sp³-hybridized carbons (Fsp3) is 0.467. The van der Waals surface area contributed by atoms with E-state index in [2.05, 4.69) is 0 Å². The first-order valence-corrected chi connectivity index (χ1v) is 6.81. The van der Waals surface area contributed by atoms with Crippen molar-refractivity contribution in [2.75, 3.05) is 13.1 Å². The molecule has 2 atom stereocenters. The van der Waals surface area contributed by atoms with Gasteiger partial charge in [0.2, 0.25) is 0 Å². The number of carbonyl (C=O) groups excluding carboxylic acids is 1. The molecule has 1 saturated heterocycles. The summed E-state index contributed by atoms with van der Waals surface area (Å²) in [6, 6.07) is 9.14. The Kier molecular flexibility index (Phi) is 4.61. The largest absolute Gasteiger partial charge is 0.481 e. The van der Waals surface area contributed by atoms with Crippen molar-refractivity contribution >= 4 is 11.9 Å². The summed E-state index contributed by atoms with van der Waals surface area (Å²) in [5, 5.41) is 9.04. The molecule has 2 rings (SSSR count). The number of hydrogen-bond donors (Lipinski definition) is 1. The van der Waals surface area contributed by atoms with E-state index in [0.717, 1.165) is 6.42 Å². The second-order valence-electron chi connectivity index (χ2n) is 5.03. The first-order valence-electron chi connectivity index (χ1n) is 6.81. The highest BCUT2D eigenvalue weighted by atomic mass is 16.5. The molecule has 1 heterocycles. The topological polar surface area (TPSA) is 66.8 Å². The number of benzene rings is 1. The van der Waals surface area contributed by atoms with Gasteiger partial charge in [-0.3, -0.25) is 9.59 Å². The van der Waals surface area contributed by atoms with Crippen LogP contribution in [0.3, 0.4) is 0 Å². The number of nitrogens with zero attached hydrogens (tertiary/aromatic N) is 1. The molecule has 0 saturated carbocycles. The fourth-order valence-electron chi connectivity index (χ4n) is 2.39. The Morgan fingerprint density at radius 2 is 2.05 bits per heavy atom. The molecule has 5 nitrogen and oxygen atoms in total. The number of aliphatic carboxylic acids is 1. The molecular formula is C15H19NO4. The Balaban J connectivity index is 1.94. The van der Waals surface area contributed by atoms with Gasteiger partial charge in [-0.2, -0.15) is 0 Å². The second kappa shape index (κ2) is 6.41. The first kappa shape index (κ1) is 14.4. The van der Waals surface area contributed by atoms with Crippen molar-refractivity contribution < 1.29 is 19.4 Å². The summed E-state index contributed by atoms with van der Waals surface area (Å²) in [7, 11) is 0. The average Bonchev–Trinajstić information content (AvgIpc) is 2.47. The van der Waals surface area contributed by atoms with E-state index >= 15 is 0 Å². The summed E-state index contributed by atoms with van der Waals surface area (Å²) in [4.78, 5) is 24.9. The number of ether oxygens (including phenoxy) is 1. The maximum absolute atomic E-state index is 12.3. The van der Waals surface area contributed by atoms with E-state index in [-0.39, 0.29) is 12.5 Å². The van der Waals surface area contributed by atoms with E-state index in [9.17, 15) is 9.59 Å². The standard InChI is InChI=1S/C15H19NO4/c1-11(20-13-7-3-2-4-8-13)14(17)16-9-5-6-12(10-16)15(18)19/h2-4,7-8,11-12H,5-6,9-10H2,1H3,(H,18,19).